The lowest BCUT2D eigenvalue weighted by Crippen LogP contribution is -2.39. The number of hydrogen-bond acceptors (Lipinski definition) is 4. The van der Waals surface area contributed by atoms with Gasteiger partial charge in [-0.2, -0.15) is 0 Å². The molecule has 0 saturated carbocycles. The highest BCUT2D eigenvalue weighted by Gasteiger charge is 2.05. The number of aryl methyl sites for hydroxylation is 1. The molecule has 1 aromatic rings. The third-order valence-electron chi connectivity index (χ3n) is 2.56. The van der Waals surface area contributed by atoms with E-state index in [-0.39, 0.29) is 17.4 Å². The first-order valence-electron chi connectivity index (χ1n) is 6.01. The molecule has 0 aliphatic rings. The molecule has 0 fully saturated rings. The van der Waals surface area contributed by atoms with Gasteiger partial charge in [0.1, 0.15) is 0 Å². The van der Waals surface area contributed by atoms with Crippen molar-refractivity contribution in [1.29, 1.82) is 0 Å². The van der Waals surface area contributed by atoms with Crippen LogP contribution in [-0.2, 0) is 25.4 Å². The zero-order valence-electron chi connectivity index (χ0n) is 11.4. The van der Waals surface area contributed by atoms with Gasteiger partial charge in [-0.05, 0) is 13.8 Å². The summed E-state index contributed by atoms with van der Waals surface area (Å²) >= 11 is 0. The van der Waals surface area contributed by atoms with Crippen molar-refractivity contribution in [2.24, 2.45) is 14.1 Å². The van der Waals surface area contributed by atoms with Crippen LogP contribution in [-0.4, -0.2) is 28.4 Å². The number of ether oxygens (including phenoxy) is 1. The van der Waals surface area contributed by atoms with Gasteiger partial charge in [0.05, 0.1) is 12.7 Å². The molecular formula is C12H21N3O3. The lowest BCUT2D eigenvalue weighted by Gasteiger charge is -2.09. The predicted molar refractivity (Wildman–Crippen MR) is 69.7 cm³/mol. The Balaban J connectivity index is 2.59. The van der Waals surface area contributed by atoms with Crippen molar-refractivity contribution in [3.05, 3.63) is 32.6 Å². The van der Waals surface area contributed by atoms with Gasteiger partial charge in [0.15, 0.2) is 0 Å². The summed E-state index contributed by atoms with van der Waals surface area (Å²) in [5.74, 6) is 0. The maximum absolute atomic E-state index is 11.8. The highest BCUT2D eigenvalue weighted by atomic mass is 16.5. The lowest BCUT2D eigenvalue weighted by molar-refractivity contribution is 0.0807. The Morgan fingerprint density at radius 3 is 2.61 bits per heavy atom. The Kier molecular flexibility index (Phi) is 5.30. The smallest absolute Gasteiger partial charge is 0.330 e. The van der Waals surface area contributed by atoms with Crippen molar-refractivity contribution in [1.82, 2.24) is 14.5 Å². The molecule has 6 heteroatoms. The minimum atomic E-state index is -0.313. The molecule has 18 heavy (non-hydrogen) atoms. The van der Waals surface area contributed by atoms with Crippen LogP contribution in [0.15, 0.2) is 15.8 Å². The molecule has 1 rings (SSSR count). The molecule has 102 valence electrons. The van der Waals surface area contributed by atoms with Crippen LogP contribution in [0, 0.1) is 0 Å². The standard InChI is InChI=1S/C12H21N3O3/c1-9(2)18-6-5-13-7-10-8-14(3)12(17)15(4)11(10)16/h8-9,13H,5-7H2,1-4H3. The van der Waals surface area contributed by atoms with E-state index in [1.165, 1.54) is 11.6 Å². The maximum Gasteiger partial charge on any atom is 0.330 e. The van der Waals surface area contributed by atoms with Crippen LogP contribution in [0.4, 0.5) is 0 Å². The summed E-state index contributed by atoms with van der Waals surface area (Å²) in [6.07, 6.45) is 1.78. The van der Waals surface area contributed by atoms with E-state index in [1.807, 2.05) is 13.8 Å². The van der Waals surface area contributed by atoms with Crippen molar-refractivity contribution in [3.63, 3.8) is 0 Å². The van der Waals surface area contributed by atoms with Gasteiger partial charge in [0.2, 0.25) is 0 Å². The first-order chi connectivity index (χ1) is 8.43. The molecule has 0 atom stereocenters. The van der Waals surface area contributed by atoms with Gasteiger partial charge in [0, 0.05) is 38.9 Å². The van der Waals surface area contributed by atoms with Crippen LogP contribution < -0.4 is 16.6 Å². The summed E-state index contributed by atoms with van der Waals surface area (Å²) in [6, 6.07) is 0. The van der Waals surface area contributed by atoms with Gasteiger partial charge in [-0.3, -0.25) is 9.36 Å². The molecule has 1 aromatic heterocycles. The van der Waals surface area contributed by atoms with E-state index in [1.54, 1.807) is 13.2 Å². The monoisotopic (exact) mass is 255 g/mol. The van der Waals surface area contributed by atoms with Gasteiger partial charge < -0.3 is 14.6 Å². The number of aromatic nitrogens is 2. The van der Waals surface area contributed by atoms with E-state index < -0.39 is 0 Å². The minimum Gasteiger partial charge on any atom is -0.377 e. The summed E-state index contributed by atoms with van der Waals surface area (Å²) in [5.41, 5.74) is 0.00594. The second-order valence-electron chi connectivity index (χ2n) is 4.51. The Labute approximate surface area is 106 Å². The Morgan fingerprint density at radius 2 is 2.00 bits per heavy atom. The minimum absolute atomic E-state index is 0.206. The second kappa shape index (κ2) is 6.51. The van der Waals surface area contributed by atoms with Gasteiger partial charge in [-0.25, -0.2) is 4.79 Å². The predicted octanol–water partition coefficient (Wildman–Crippen LogP) is -0.401. The molecule has 0 aliphatic carbocycles. The molecule has 1 heterocycles. The number of rotatable bonds is 6. The number of hydrogen-bond donors (Lipinski definition) is 1. The van der Waals surface area contributed by atoms with Gasteiger partial charge in [-0.1, -0.05) is 0 Å². The molecule has 0 amide bonds. The van der Waals surface area contributed by atoms with Gasteiger partial charge in [0.25, 0.3) is 5.56 Å². The Morgan fingerprint density at radius 1 is 1.33 bits per heavy atom. The number of nitrogens with one attached hydrogen (secondary N) is 1. The third kappa shape index (κ3) is 3.82. The van der Waals surface area contributed by atoms with Gasteiger partial charge >= 0.3 is 5.69 Å². The summed E-state index contributed by atoms with van der Waals surface area (Å²) in [6.45, 7) is 5.65. The van der Waals surface area contributed by atoms with E-state index >= 15 is 0 Å². The van der Waals surface area contributed by atoms with E-state index in [9.17, 15) is 9.59 Å². The van der Waals surface area contributed by atoms with Crippen molar-refractivity contribution in [3.8, 4) is 0 Å². The quantitative estimate of drug-likeness (QED) is 0.702. The first-order valence-corrected chi connectivity index (χ1v) is 6.01. The topological polar surface area (TPSA) is 65.3 Å². The van der Waals surface area contributed by atoms with Crippen LogP contribution in [0.2, 0.25) is 0 Å². The van der Waals surface area contributed by atoms with Crippen LogP contribution in [0.3, 0.4) is 0 Å². The second-order valence-corrected chi connectivity index (χ2v) is 4.51. The van der Waals surface area contributed by atoms with E-state index in [4.69, 9.17) is 4.74 Å². The SMILES string of the molecule is CC(C)OCCNCc1cn(C)c(=O)n(C)c1=O. The summed E-state index contributed by atoms with van der Waals surface area (Å²) in [7, 11) is 3.11. The maximum atomic E-state index is 11.8. The largest absolute Gasteiger partial charge is 0.377 e. The molecule has 0 aliphatic heterocycles. The average Bonchev–Trinajstić information content (AvgIpc) is 2.32. The van der Waals surface area contributed by atoms with Crippen LogP contribution in [0.1, 0.15) is 19.4 Å². The van der Waals surface area contributed by atoms with Crippen LogP contribution in [0.5, 0.6) is 0 Å². The van der Waals surface area contributed by atoms with Gasteiger partial charge in [-0.15, -0.1) is 0 Å². The van der Waals surface area contributed by atoms with E-state index in [0.29, 0.717) is 25.3 Å². The lowest BCUT2D eigenvalue weighted by atomic mass is 10.3. The summed E-state index contributed by atoms with van der Waals surface area (Å²) in [4.78, 5) is 23.3. The van der Waals surface area contributed by atoms with Crippen molar-refractivity contribution in [2.75, 3.05) is 13.2 Å². The molecule has 1 N–H and O–H groups in total. The first kappa shape index (κ1) is 14.7. The zero-order valence-corrected chi connectivity index (χ0v) is 11.4. The normalized spacial score (nSPS) is 11.2. The molecule has 0 saturated heterocycles. The average molecular weight is 255 g/mol. The molecule has 0 bridgehead atoms. The molecule has 0 spiro atoms. The molecule has 0 aromatic carbocycles. The van der Waals surface area contributed by atoms with Crippen LogP contribution in [0.25, 0.3) is 0 Å². The Bertz CT molecular complexity index is 502. The summed E-state index contributed by atoms with van der Waals surface area (Å²) in [5, 5.41) is 3.12. The van der Waals surface area contributed by atoms with Crippen LogP contribution >= 0.6 is 0 Å². The fourth-order valence-electron chi connectivity index (χ4n) is 1.59. The van der Waals surface area contributed by atoms with E-state index in [2.05, 4.69) is 5.32 Å². The van der Waals surface area contributed by atoms with E-state index in [0.717, 1.165) is 4.57 Å². The fraction of sp³-hybridized carbons (Fsp3) is 0.667. The zero-order chi connectivity index (χ0) is 13.7. The Hall–Kier alpha value is -1.40. The fourth-order valence-corrected chi connectivity index (χ4v) is 1.59. The molecular weight excluding hydrogens is 234 g/mol. The van der Waals surface area contributed by atoms with Crippen molar-refractivity contribution < 1.29 is 4.74 Å². The third-order valence-corrected chi connectivity index (χ3v) is 2.56. The molecule has 0 unspecified atom stereocenters. The highest BCUT2D eigenvalue weighted by Crippen LogP contribution is 1.88. The van der Waals surface area contributed by atoms with Crippen molar-refractivity contribution >= 4 is 0 Å². The highest BCUT2D eigenvalue weighted by molar-refractivity contribution is 5.05. The number of nitrogens with zero attached hydrogens (tertiary/aromatic N) is 2. The molecule has 0 radical (unpaired) electrons. The molecule has 6 nitrogen and oxygen atoms in total. The van der Waals surface area contributed by atoms with Crippen molar-refractivity contribution in [2.45, 2.75) is 26.5 Å². The summed E-state index contributed by atoms with van der Waals surface area (Å²) < 4.78 is 7.89.